The number of nitroso groups, excluding NO2 is 1. The van der Waals surface area contributed by atoms with Crippen LogP contribution in [-0.2, 0) is 40.9 Å². The summed E-state index contributed by atoms with van der Waals surface area (Å²) in [6.07, 6.45) is 0.0390. The third kappa shape index (κ3) is 10.4. The van der Waals surface area contributed by atoms with E-state index in [1.165, 1.54) is 50.7 Å². The Morgan fingerprint density at radius 2 is 1.69 bits per heavy atom. The molecule has 0 radical (unpaired) electrons. The van der Waals surface area contributed by atoms with Crippen molar-refractivity contribution in [3.05, 3.63) is 103 Å². The fraction of sp³-hybridized carbons (Fsp3) is 0.472. The van der Waals surface area contributed by atoms with Crippen LogP contribution in [0.4, 0.5) is 0 Å². The van der Waals surface area contributed by atoms with Crippen LogP contribution in [0.2, 0.25) is 0 Å². The van der Waals surface area contributed by atoms with E-state index in [0.29, 0.717) is 17.8 Å². The first kappa shape index (κ1) is 40.5. The molecule has 282 valence electrons. The molecule has 2 heterocycles. The van der Waals surface area contributed by atoms with Gasteiger partial charge in [0.15, 0.2) is 0 Å². The molecule has 2 aromatic heterocycles. The van der Waals surface area contributed by atoms with Crippen molar-refractivity contribution < 1.29 is 23.4 Å². The summed E-state index contributed by atoms with van der Waals surface area (Å²) in [7, 11) is -0.242. The van der Waals surface area contributed by atoms with Gasteiger partial charge in [0.25, 0.3) is 0 Å². The zero-order valence-electron chi connectivity index (χ0n) is 30.4. The number of hydrogen-bond donors (Lipinski definition) is 3. The molecule has 0 aliphatic heterocycles. The molecule has 0 unspecified atom stereocenters. The minimum atomic E-state index is -4.10. The molecule has 4 rings (SSSR count). The smallest absolute Gasteiger partial charge is 0.332 e. The summed E-state index contributed by atoms with van der Waals surface area (Å²) in [6.45, 7) is 7.59. The van der Waals surface area contributed by atoms with Crippen molar-refractivity contribution in [3.8, 4) is 5.88 Å². The maximum absolute atomic E-state index is 14.1. The first-order valence-electron chi connectivity index (χ1n) is 17.1. The monoisotopic (exact) mass is 755 g/mol. The average Bonchev–Trinajstić information content (AvgIpc) is 3.63. The molecule has 3 atom stereocenters. The molecule has 2 aromatic carbocycles. The topological polar surface area (TPSA) is 179 Å². The molecule has 14 nitrogen and oxygen atoms in total. The number of hydrogen-bond acceptors (Lipinski definition) is 11. The van der Waals surface area contributed by atoms with E-state index in [-0.39, 0.29) is 49.3 Å². The Balaban J connectivity index is 1.63. The molecule has 0 aliphatic rings. The number of nitrogens with zero attached hydrogens (tertiary/aromatic N) is 6. The van der Waals surface area contributed by atoms with Crippen LogP contribution >= 0.6 is 11.3 Å². The van der Waals surface area contributed by atoms with Crippen LogP contribution in [0.3, 0.4) is 0 Å². The molecule has 52 heavy (non-hydrogen) atoms. The number of amides is 1. The second-order valence-electron chi connectivity index (χ2n) is 13.9. The highest BCUT2D eigenvalue weighted by atomic mass is 32.2. The van der Waals surface area contributed by atoms with Gasteiger partial charge in [-0.15, -0.1) is 11.3 Å². The van der Waals surface area contributed by atoms with Crippen molar-refractivity contribution in [3.63, 3.8) is 0 Å². The van der Waals surface area contributed by atoms with Crippen molar-refractivity contribution in [2.45, 2.75) is 76.8 Å². The van der Waals surface area contributed by atoms with Crippen LogP contribution in [0.15, 0.2) is 81.0 Å². The molecule has 0 spiro atoms. The highest BCUT2D eigenvalue weighted by Gasteiger charge is 2.34. The number of aliphatic hydroxyl groups is 1. The minimum Gasteiger partial charge on any atom is -0.493 e. The number of benzene rings is 2. The van der Waals surface area contributed by atoms with Crippen LogP contribution in [0.25, 0.3) is 0 Å². The van der Waals surface area contributed by atoms with Crippen molar-refractivity contribution in [1.29, 1.82) is 0 Å². The van der Waals surface area contributed by atoms with E-state index in [1.807, 2.05) is 68.6 Å². The standard InChI is InChI=1S/C36H49N7O7S2/c1-24(2)18-41(52(49,50)29-14-12-27(13-15-29)17-37-48)20-31(44)30(16-26-10-8-7-9-11-26)39-35(46)34(25(3)4)43-22-33(45)42(36(43)47)19-28-23-51-32(38-28)21-40(5)6/h7-15,22-25,30-31,34,44-45H,16-21H2,1-6H3,(H,39,46)/t30-,31+,34-/m0/s1. The number of thiazole rings is 1. The molecule has 0 saturated heterocycles. The molecule has 0 fully saturated rings. The zero-order valence-corrected chi connectivity index (χ0v) is 32.0. The number of rotatable bonds is 19. The third-order valence-corrected chi connectivity index (χ3v) is 11.1. The van der Waals surface area contributed by atoms with E-state index < -0.39 is 45.7 Å². The third-order valence-electron chi connectivity index (χ3n) is 8.41. The van der Waals surface area contributed by atoms with Gasteiger partial charge in [-0.05, 0) is 55.6 Å². The highest BCUT2D eigenvalue weighted by Crippen LogP contribution is 2.23. The quantitative estimate of drug-likeness (QED) is 0.120. The van der Waals surface area contributed by atoms with Crippen LogP contribution in [-0.4, -0.2) is 87.2 Å². The number of aliphatic hydroxyl groups excluding tert-OH is 1. The number of imidazole rings is 1. The number of nitrogens with one attached hydrogen (secondary N) is 1. The van der Waals surface area contributed by atoms with Gasteiger partial charge in [-0.1, -0.05) is 75.3 Å². The average molecular weight is 756 g/mol. The normalized spacial score (nSPS) is 13.9. The van der Waals surface area contributed by atoms with Gasteiger partial charge in [0.05, 0.1) is 35.5 Å². The lowest BCUT2D eigenvalue weighted by Crippen LogP contribution is -2.53. The lowest BCUT2D eigenvalue weighted by molar-refractivity contribution is -0.127. The number of sulfonamides is 1. The van der Waals surface area contributed by atoms with Crippen molar-refractivity contribution >= 4 is 27.3 Å². The summed E-state index contributed by atoms with van der Waals surface area (Å²) < 4.78 is 31.3. The highest BCUT2D eigenvalue weighted by molar-refractivity contribution is 7.89. The SMILES string of the molecule is CC(C)CN(C[C@@H](O)[C@H](Cc1ccccc1)NC(=O)[C@H](C(C)C)n1cc(O)n(Cc2csc(CN(C)C)n2)c1=O)S(=O)(=O)c1ccc(CN=O)cc1. The van der Waals surface area contributed by atoms with Gasteiger partial charge in [0.2, 0.25) is 21.8 Å². The molecular weight excluding hydrogens is 707 g/mol. The Morgan fingerprint density at radius 3 is 2.29 bits per heavy atom. The van der Waals surface area contributed by atoms with E-state index in [0.717, 1.165) is 15.1 Å². The van der Waals surface area contributed by atoms with Crippen LogP contribution in [0, 0.1) is 16.7 Å². The van der Waals surface area contributed by atoms with Gasteiger partial charge in [-0.3, -0.25) is 13.9 Å². The van der Waals surface area contributed by atoms with Gasteiger partial charge in [-0.2, -0.15) is 9.21 Å². The Bertz CT molecular complexity index is 1940. The van der Waals surface area contributed by atoms with Gasteiger partial charge in [-0.25, -0.2) is 18.2 Å². The molecule has 0 aliphatic carbocycles. The predicted octanol–water partition coefficient (Wildman–Crippen LogP) is 3.82. The summed E-state index contributed by atoms with van der Waals surface area (Å²) in [5.74, 6) is -1.41. The Labute approximate surface area is 308 Å². The molecule has 3 N–H and O–H groups in total. The van der Waals surface area contributed by atoms with Crippen LogP contribution < -0.4 is 11.0 Å². The summed E-state index contributed by atoms with van der Waals surface area (Å²) in [5, 5.41) is 31.1. The zero-order chi connectivity index (χ0) is 38.2. The molecular formula is C36H49N7O7S2. The minimum absolute atomic E-state index is 0.00575. The summed E-state index contributed by atoms with van der Waals surface area (Å²) >= 11 is 1.45. The maximum atomic E-state index is 14.1. The second kappa shape index (κ2) is 18.0. The van der Waals surface area contributed by atoms with Crippen molar-refractivity contribution in [2.75, 3.05) is 27.2 Å². The first-order valence-corrected chi connectivity index (χ1v) is 19.4. The van der Waals surface area contributed by atoms with Crippen molar-refractivity contribution in [2.24, 2.45) is 17.0 Å². The summed E-state index contributed by atoms with van der Waals surface area (Å²) in [5.41, 5.74) is 1.36. The largest absolute Gasteiger partial charge is 0.493 e. The van der Waals surface area contributed by atoms with Gasteiger partial charge < -0.3 is 20.4 Å². The molecule has 16 heteroatoms. The van der Waals surface area contributed by atoms with E-state index in [4.69, 9.17) is 0 Å². The number of aromatic nitrogens is 3. The van der Waals surface area contributed by atoms with Gasteiger partial charge >= 0.3 is 5.69 Å². The number of carbonyl (C=O) groups is 1. The van der Waals surface area contributed by atoms with E-state index >= 15 is 0 Å². The lowest BCUT2D eigenvalue weighted by Gasteiger charge is -2.32. The number of carbonyl (C=O) groups excluding carboxylic acids is 1. The van der Waals surface area contributed by atoms with Crippen LogP contribution in [0.1, 0.15) is 55.6 Å². The summed E-state index contributed by atoms with van der Waals surface area (Å²) in [4.78, 5) is 45.1. The molecule has 1 amide bonds. The number of aromatic hydroxyl groups is 1. The van der Waals surface area contributed by atoms with E-state index in [1.54, 1.807) is 13.8 Å². The predicted molar refractivity (Wildman–Crippen MR) is 200 cm³/mol. The maximum Gasteiger partial charge on any atom is 0.332 e. The van der Waals surface area contributed by atoms with Crippen molar-refractivity contribution in [1.82, 2.24) is 28.6 Å². The Kier molecular flexibility index (Phi) is 14.0. The Hall–Kier alpha value is -4.22. The fourth-order valence-electron chi connectivity index (χ4n) is 5.94. The van der Waals surface area contributed by atoms with E-state index in [2.05, 4.69) is 15.5 Å². The molecule has 0 saturated carbocycles. The summed E-state index contributed by atoms with van der Waals surface area (Å²) in [6, 6.07) is 13.0. The molecule has 0 bridgehead atoms. The fourth-order valence-corrected chi connectivity index (χ4v) is 8.46. The van der Waals surface area contributed by atoms with Crippen LogP contribution in [0.5, 0.6) is 5.88 Å². The first-order chi connectivity index (χ1) is 24.6. The van der Waals surface area contributed by atoms with Gasteiger partial charge in [0.1, 0.15) is 17.6 Å². The molecule has 4 aromatic rings. The van der Waals surface area contributed by atoms with Gasteiger partial charge in [0, 0.05) is 25.0 Å². The lowest BCUT2D eigenvalue weighted by atomic mass is 9.98. The Morgan fingerprint density at radius 1 is 1.02 bits per heavy atom. The second-order valence-corrected chi connectivity index (χ2v) is 16.8. The van der Waals surface area contributed by atoms with E-state index in [9.17, 15) is 33.1 Å².